The summed E-state index contributed by atoms with van der Waals surface area (Å²) in [4.78, 5) is 24.0. The molecule has 0 aromatic heterocycles. The molecule has 7 heteroatoms. The molecule has 134 valence electrons. The average molecular weight is 371 g/mol. The zero-order valence-electron chi connectivity index (χ0n) is 14.1. The van der Waals surface area contributed by atoms with E-state index in [1.165, 1.54) is 24.3 Å². The summed E-state index contributed by atoms with van der Waals surface area (Å²) in [6, 6.07) is 10.6. The van der Waals surface area contributed by atoms with Crippen molar-refractivity contribution in [3.05, 3.63) is 59.4 Å². The summed E-state index contributed by atoms with van der Waals surface area (Å²) < 4.78 is 12.9. The third kappa shape index (κ3) is 4.64. The number of nitrogens with one attached hydrogen (secondary N) is 3. The lowest BCUT2D eigenvalue weighted by Gasteiger charge is -2.13. The van der Waals surface area contributed by atoms with Crippen LogP contribution in [0.25, 0.3) is 0 Å². The van der Waals surface area contributed by atoms with Gasteiger partial charge in [0, 0.05) is 22.9 Å². The normalized spacial score (nSPS) is 13.0. The third-order valence-electron chi connectivity index (χ3n) is 4.03. The molecule has 1 aliphatic rings. The Morgan fingerprint density at radius 3 is 2.42 bits per heavy atom. The van der Waals surface area contributed by atoms with Crippen molar-refractivity contribution in [3.8, 4) is 0 Å². The van der Waals surface area contributed by atoms with Gasteiger partial charge in [-0.3, -0.25) is 14.9 Å². The largest absolute Gasteiger partial charge is 0.332 e. The van der Waals surface area contributed by atoms with E-state index in [1.54, 1.807) is 12.1 Å². The predicted octanol–water partition coefficient (Wildman–Crippen LogP) is 3.61. The summed E-state index contributed by atoms with van der Waals surface area (Å²) in [6.07, 6.45) is 1.87. The van der Waals surface area contributed by atoms with E-state index in [2.05, 4.69) is 16.0 Å². The first-order valence-corrected chi connectivity index (χ1v) is 8.62. The summed E-state index contributed by atoms with van der Waals surface area (Å²) in [5.41, 5.74) is 2.59. The van der Waals surface area contributed by atoms with E-state index < -0.39 is 11.7 Å². The molecule has 3 rings (SSSR count). The molecule has 1 aliphatic carbocycles. The second-order valence-electron chi connectivity index (χ2n) is 6.21. The van der Waals surface area contributed by atoms with Gasteiger partial charge in [0.2, 0.25) is 5.91 Å². The van der Waals surface area contributed by atoms with Crippen molar-refractivity contribution in [3.63, 3.8) is 0 Å². The highest BCUT2D eigenvalue weighted by Gasteiger charge is 2.29. The van der Waals surface area contributed by atoms with Gasteiger partial charge in [-0.05, 0) is 73.9 Å². The molecule has 5 nitrogen and oxygen atoms in total. The van der Waals surface area contributed by atoms with Crippen LogP contribution < -0.4 is 16.0 Å². The molecule has 0 bridgehead atoms. The van der Waals surface area contributed by atoms with Crippen LogP contribution in [-0.4, -0.2) is 16.9 Å². The van der Waals surface area contributed by atoms with Gasteiger partial charge < -0.3 is 10.6 Å². The highest BCUT2D eigenvalue weighted by molar-refractivity contribution is 7.80. The summed E-state index contributed by atoms with van der Waals surface area (Å²) in [5.74, 6) is -0.709. The first-order chi connectivity index (χ1) is 12.4. The predicted molar refractivity (Wildman–Crippen MR) is 103 cm³/mol. The number of hydrogen-bond acceptors (Lipinski definition) is 3. The van der Waals surface area contributed by atoms with Crippen LogP contribution in [0.1, 0.15) is 28.8 Å². The number of hydrogen-bond donors (Lipinski definition) is 3. The van der Waals surface area contributed by atoms with E-state index in [-0.39, 0.29) is 16.9 Å². The number of amides is 2. The first kappa shape index (κ1) is 18.0. The van der Waals surface area contributed by atoms with Crippen LogP contribution in [0.15, 0.2) is 42.5 Å². The highest BCUT2D eigenvalue weighted by Crippen LogP contribution is 2.31. The fourth-order valence-electron chi connectivity index (χ4n) is 2.35. The Morgan fingerprint density at radius 2 is 1.77 bits per heavy atom. The van der Waals surface area contributed by atoms with E-state index in [1.807, 2.05) is 13.0 Å². The summed E-state index contributed by atoms with van der Waals surface area (Å²) in [6.45, 7) is 1.90. The highest BCUT2D eigenvalue weighted by atomic mass is 32.1. The summed E-state index contributed by atoms with van der Waals surface area (Å²) >= 11 is 5.15. The first-order valence-electron chi connectivity index (χ1n) is 8.22. The molecular formula is C19H18FN3O2S. The Morgan fingerprint density at radius 1 is 1.08 bits per heavy atom. The molecule has 0 spiro atoms. The molecule has 0 saturated heterocycles. The van der Waals surface area contributed by atoms with Gasteiger partial charge in [0.1, 0.15) is 5.82 Å². The number of thiocarbonyl (C=S) groups is 1. The fourth-order valence-corrected chi connectivity index (χ4v) is 2.56. The summed E-state index contributed by atoms with van der Waals surface area (Å²) in [5, 5.41) is 8.48. The molecule has 0 aliphatic heterocycles. The molecule has 0 unspecified atom stereocenters. The van der Waals surface area contributed by atoms with Gasteiger partial charge in [0.15, 0.2) is 5.11 Å². The van der Waals surface area contributed by atoms with Crippen molar-refractivity contribution in [1.82, 2.24) is 5.32 Å². The van der Waals surface area contributed by atoms with E-state index in [9.17, 15) is 14.0 Å². The maximum Gasteiger partial charge on any atom is 0.257 e. The molecule has 0 heterocycles. The maximum absolute atomic E-state index is 12.9. The molecule has 2 aromatic rings. The van der Waals surface area contributed by atoms with Crippen LogP contribution in [0.5, 0.6) is 0 Å². The Bertz CT molecular complexity index is 864. The summed E-state index contributed by atoms with van der Waals surface area (Å²) in [7, 11) is 0. The Balaban J connectivity index is 1.62. The minimum Gasteiger partial charge on any atom is -0.332 e. The van der Waals surface area contributed by atoms with E-state index in [4.69, 9.17) is 12.2 Å². The number of halogens is 1. The van der Waals surface area contributed by atoms with Crippen LogP contribution in [0.3, 0.4) is 0 Å². The van der Waals surface area contributed by atoms with Gasteiger partial charge in [-0.2, -0.15) is 0 Å². The molecule has 0 radical (unpaired) electrons. The van der Waals surface area contributed by atoms with Crippen molar-refractivity contribution in [2.75, 3.05) is 10.6 Å². The molecule has 3 N–H and O–H groups in total. The van der Waals surface area contributed by atoms with Crippen molar-refractivity contribution in [2.45, 2.75) is 19.8 Å². The number of rotatable bonds is 4. The van der Waals surface area contributed by atoms with Gasteiger partial charge in [0.05, 0.1) is 0 Å². The zero-order chi connectivity index (χ0) is 18.7. The van der Waals surface area contributed by atoms with E-state index in [0.717, 1.165) is 18.4 Å². The molecule has 0 atom stereocenters. The van der Waals surface area contributed by atoms with Gasteiger partial charge >= 0.3 is 0 Å². The molecular weight excluding hydrogens is 353 g/mol. The zero-order valence-corrected chi connectivity index (χ0v) is 15.0. The third-order valence-corrected chi connectivity index (χ3v) is 4.24. The second-order valence-corrected chi connectivity index (χ2v) is 6.62. The quantitative estimate of drug-likeness (QED) is 0.718. The molecule has 2 amide bonds. The standard InChI is InChI=1S/C19H18FN3O2S/c1-11-2-9-15(10-16(11)22-17(24)12-3-4-12)21-19(26)23-18(25)13-5-7-14(20)8-6-13/h2,5-10,12H,3-4H2,1H3,(H,22,24)(H2,21,23,25,26). The minimum absolute atomic E-state index is 0.0254. The van der Waals surface area contributed by atoms with E-state index in [0.29, 0.717) is 16.9 Å². The van der Waals surface area contributed by atoms with Gasteiger partial charge in [-0.25, -0.2) is 4.39 Å². The van der Waals surface area contributed by atoms with Crippen LogP contribution in [-0.2, 0) is 4.79 Å². The van der Waals surface area contributed by atoms with Crippen molar-refractivity contribution >= 4 is 40.5 Å². The molecule has 1 saturated carbocycles. The lowest BCUT2D eigenvalue weighted by molar-refractivity contribution is -0.117. The van der Waals surface area contributed by atoms with Gasteiger partial charge in [-0.15, -0.1) is 0 Å². The van der Waals surface area contributed by atoms with Gasteiger partial charge in [-0.1, -0.05) is 6.07 Å². The number of aryl methyl sites for hydroxylation is 1. The van der Waals surface area contributed by atoms with Crippen LogP contribution in [0.2, 0.25) is 0 Å². The molecule has 26 heavy (non-hydrogen) atoms. The number of anilines is 2. The Kier molecular flexibility index (Phi) is 5.27. The number of carbonyl (C=O) groups excluding carboxylic acids is 2. The van der Waals surface area contributed by atoms with E-state index >= 15 is 0 Å². The number of carbonyl (C=O) groups is 2. The van der Waals surface area contributed by atoms with Gasteiger partial charge in [0.25, 0.3) is 5.91 Å². The minimum atomic E-state index is -0.433. The lowest BCUT2D eigenvalue weighted by atomic mass is 10.1. The topological polar surface area (TPSA) is 70.2 Å². The smallest absolute Gasteiger partial charge is 0.257 e. The Labute approximate surface area is 156 Å². The van der Waals surface area contributed by atoms with Crippen molar-refractivity contribution in [1.29, 1.82) is 0 Å². The molecule has 2 aromatic carbocycles. The van der Waals surface area contributed by atoms with Crippen LogP contribution >= 0.6 is 12.2 Å². The van der Waals surface area contributed by atoms with Crippen molar-refractivity contribution in [2.24, 2.45) is 5.92 Å². The van der Waals surface area contributed by atoms with Crippen molar-refractivity contribution < 1.29 is 14.0 Å². The lowest BCUT2D eigenvalue weighted by Crippen LogP contribution is -2.34. The second kappa shape index (κ2) is 7.61. The molecule has 1 fully saturated rings. The average Bonchev–Trinajstić information content (AvgIpc) is 3.43. The monoisotopic (exact) mass is 371 g/mol. The Hall–Kier alpha value is -2.80. The SMILES string of the molecule is Cc1ccc(NC(=S)NC(=O)c2ccc(F)cc2)cc1NC(=O)C1CC1. The maximum atomic E-state index is 12.9. The van der Waals surface area contributed by atoms with Crippen LogP contribution in [0, 0.1) is 18.7 Å². The van der Waals surface area contributed by atoms with Crippen LogP contribution in [0.4, 0.5) is 15.8 Å². The number of benzene rings is 2. The fraction of sp³-hybridized carbons (Fsp3) is 0.211.